The molecule has 4 nitrogen and oxygen atoms in total. The number of nitrogens with one attached hydrogen (secondary N) is 1. The summed E-state index contributed by atoms with van der Waals surface area (Å²) in [6, 6.07) is 13.8. The van der Waals surface area contributed by atoms with Crippen molar-refractivity contribution in [2.24, 2.45) is 10.9 Å². The first-order valence-electron chi connectivity index (χ1n) is 6.33. The van der Waals surface area contributed by atoms with E-state index in [0.717, 1.165) is 10.0 Å². The molecular formula is C15H15BrFN3O. The maximum Gasteiger partial charge on any atom is 0.148 e. The van der Waals surface area contributed by atoms with E-state index in [0.29, 0.717) is 12.2 Å². The summed E-state index contributed by atoms with van der Waals surface area (Å²) in [5.41, 5.74) is 7.28. The number of nitrogens with two attached hydrogens (primary N) is 1. The van der Waals surface area contributed by atoms with Gasteiger partial charge in [0.25, 0.3) is 0 Å². The van der Waals surface area contributed by atoms with Crippen molar-refractivity contribution in [3.8, 4) is 0 Å². The van der Waals surface area contributed by atoms with E-state index in [1.807, 2.05) is 30.3 Å². The minimum atomic E-state index is -0.333. The van der Waals surface area contributed by atoms with E-state index >= 15 is 0 Å². The maximum atomic E-state index is 13.3. The molecule has 0 spiro atoms. The van der Waals surface area contributed by atoms with Crippen molar-refractivity contribution in [3.05, 3.63) is 64.4 Å². The SMILES string of the molecule is N/C(=N/O)C(CNc1cc(F)ccc1Br)c1ccccc1. The number of rotatable bonds is 5. The lowest BCUT2D eigenvalue weighted by Crippen LogP contribution is -2.28. The first kappa shape index (κ1) is 15.3. The number of amidine groups is 1. The smallest absolute Gasteiger partial charge is 0.148 e. The minimum absolute atomic E-state index is 0.0984. The van der Waals surface area contributed by atoms with Gasteiger partial charge in [0, 0.05) is 11.0 Å². The Bertz CT molecular complexity index is 634. The summed E-state index contributed by atoms with van der Waals surface area (Å²) in [6.07, 6.45) is 0. The van der Waals surface area contributed by atoms with Crippen molar-refractivity contribution in [2.75, 3.05) is 11.9 Å². The number of hydrogen-bond donors (Lipinski definition) is 3. The Labute approximate surface area is 130 Å². The fourth-order valence-electron chi connectivity index (χ4n) is 1.99. The van der Waals surface area contributed by atoms with Crippen LogP contribution in [0, 0.1) is 5.82 Å². The molecule has 4 N–H and O–H groups in total. The second kappa shape index (κ2) is 7.08. The van der Waals surface area contributed by atoms with Crippen LogP contribution in [-0.4, -0.2) is 17.6 Å². The third kappa shape index (κ3) is 3.95. The van der Waals surface area contributed by atoms with Crippen molar-refractivity contribution in [3.63, 3.8) is 0 Å². The summed E-state index contributed by atoms with van der Waals surface area (Å²) < 4.78 is 14.0. The molecule has 6 heteroatoms. The monoisotopic (exact) mass is 351 g/mol. The Kier molecular flexibility index (Phi) is 5.16. The van der Waals surface area contributed by atoms with E-state index in [2.05, 4.69) is 26.4 Å². The molecule has 0 bridgehead atoms. The molecule has 110 valence electrons. The highest BCUT2D eigenvalue weighted by molar-refractivity contribution is 9.10. The average molecular weight is 352 g/mol. The number of nitrogens with zero attached hydrogens (tertiary/aromatic N) is 1. The normalized spacial score (nSPS) is 13.0. The number of halogens is 2. The molecule has 1 atom stereocenters. The van der Waals surface area contributed by atoms with Crippen LogP contribution in [0.2, 0.25) is 0 Å². The zero-order valence-electron chi connectivity index (χ0n) is 11.1. The van der Waals surface area contributed by atoms with E-state index in [9.17, 15) is 4.39 Å². The van der Waals surface area contributed by atoms with E-state index in [1.165, 1.54) is 12.1 Å². The molecule has 0 aliphatic heterocycles. The third-order valence-corrected chi connectivity index (χ3v) is 3.79. The van der Waals surface area contributed by atoms with Gasteiger partial charge in [-0.05, 0) is 39.7 Å². The van der Waals surface area contributed by atoms with E-state index < -0.39 is 0 Å². The first-order valence-corrected chi connectivity index (χ1v) is 7.12. The van der Waals surface area contributed by atoms with Gasteiger partial charge in [0.05, 0.1) is 11.6 Å². The fraction of sp³-hybridized carbons (Fsp3) is 0.133. The number of oxime groups is 1. The van der Waals surface area contributed by atoms with Gasteiger partial charge in [-0.1, -0.05) is 35.5 Å². The van der Waals surface area contributed by atoms with Gasteiger partial charge in [-0.15, -0.1) is 0 Å². The molecule has 21 heavy (non-hydrogen) atoms. The van der Waals surface area contributed by atoms with Crippen LogP contribution < -0.4 is 11.1 Å². The highest BCUT2D eigenvalue weighted by Gasteiger charge is 2.17. The number of benzene rings is 2. The maximum absolute atomic E-state index is 13.3. The lowest BCUT2D eigenvalue weighted by atomic mass is 9.98. The van der Waals surface area contributed by atoms with Crippen molar-refractivity contribution in [2.45, 2.75) is 5.92 Å². The van der Waals surface area contributed by atoms with Crippen LogP contribution in [0.3, 0.4) is 0 Å². The highest BCUT2D eigenvalue weighted by atomic mass is 79.9. The quantitative estimate of drug-likeness (QED) is 0.334. The molecule has 0 aliphatic carbocycles. The first-order chi connectivity index (χ1) is 10.1. The van der Waals surface area contributed by atoms with Gasteiger partial charge < -0.3 is 16.3 Å². The van der Waals surface area contributed by atoms with Gasteiger partial charge >= 0.3 is 0 Å². The third-order valence-electron chi connectivity index (χ3n) is 3.10. The predicted molar refractivity (Wildman–Crippen MR) is 85.2 cm³/mol. The van der Waals surface area contributed by atoms with Crippen LogP contribution in [0.4, 0.5) is 10.1 Å². The summed E-state index contributed by atoms with van der Waals surface area (Å²) >= 11 is 3.35. The molecule has 0 aromatic heterocycles. The van der Waals surface area contributed by atoms with E-state index in [1.54, 1.807) is 6.07 Å². The van der Waals surface area contributed by atoms with Gasteiger partial charge in [-0.2, -0.15) is 0 Å². The van der Waals surface area contributed by atoms with Crippen LogP contribution in [0.25, 0.3) is 0 Å². The lowest BCUT2D eigenvalue weighted by Gasteiger charge is -2.18. The Morgan fingerprint density at radius 1 is 1.29 bits per heavy atom. The van der Waals surface area contributed by atoms with Crippen LogP contribution in [-0.2, 0) is 0 Å². The Balaban J connectivity index is 2.19. The van der Waals surface area contributed by atoms with Crippen LogP contribution in [0.1, 0.15) is 11.5 Å². The summed E-state index contributed by atoms with van der Waals surface area (Å²) in [5.74, 6) is -0.548. The van der Waals surface area contributed by atoms with Crippen molar-refractivity contribution in [1.82, 2.24) is 0 Å². The zero-order valence-corrected chi connectivity index (χ0v) is 12.7. The van der Waals surface area contributed by atoms with E-state index in [4.69, 9.17) is 10.9 Å². The second-order valence-electron chi connectivity index (χ2n) is 4.49. The van der Waals surface area contributed by atoms with Gasteiger partial charge in [0.2, 0.25) is 0 Å². The molecule has 0 fully saturated rings. The highest BCUT2D eigenvalue weighted by Crippen LogP contribution is 2.24. The summed E-state index contributed by atoms with van der Waals surface area (Å²) in [7, 11) is 0. The molecule has 2 rings (SSSR count). The molecule has 2 aromatic carbocycles. The van der Waals surface area contributed by atoms with Gasteiger partial charge in [0.1, 0.15) is 11.7 Å². The second-order valence-corrected chi connectivity index (χ2v) is 5.35. The number of anilines is 1. The van der Waals surface area contributed by atoms with Gasteiger partial charge in [-0.25, -0.2) is 4.39 Å². The molecule has 0 heterocycles. The van der Waals surface area contributed by atoms with Crippen molar-refractivity contribution >= 4 is 27.5 Å². The number of hydrogen-bond acceptors (Lipinski definition) is 3. The molecule has 0 radical (unpaired) electrons. The zero-order chi connectivity index (χ0) is 15.2. The molecule has 0 amide bonds. The average Bonchev–Trinajstić information content (AvgIpc) is 2.51. The largest absolute Gasteiger partial charge is 0.409 e. The van der Waals surface area contributed by atoms with Crippen LogP contribution in [0.15, 0.2) is 58.2 Å². The molecule has 0 aliphatic rings. The minimum Gasteiger partial charge on any atom is -0.409 e. The predicted octanol–water partition coefficient (Wildman–Crippen LogP) is 3.53. The molecule has 2 aromatic rings. The molecule has 0 saturated carbocycles. The topological polar surface area (TPSA) is 70.6 Å². The van der Waals surface area contributed by atoms with Crippen molar-refractivity contribution < 1.29 is 9.60 Å². The van der Waals surface area contributed by atoms with Crippen LogP contribution in [0.5, 0.6) is 0 Å². The van der Waals surface area contributed by atoms with Gasteiger partial charge in [0.15, 0.2) is 0 Å². The summed E-state index contributed by atoms with van der Waals surface area (Å²) in [6.45, 7) is 0.377. The standard InChI is InChI=1S/C15H15BrFN3O/c16-13-7-6-11(17)8-14(13)19-9-12(15(18)20-21)10-4-2-1-3-5-10/h1-8,12,19,21H,9H2,(H2,18,20). The molecular weight excluding hydrogens is 337 g/mol. The summed E-state index contributed by atoms with van der Waals surface area (Å²) in [5, 5.41) is 15.1. The lowest BCUT2D eigenvalue weighted by molar-refractivity contribution is 0.316. The summed E-state index contributed by atoms with van der Waals surface area (Å²) in [4.78, 5) is 0. The van der Waals surface area contributed by atoms with Gasteiger partial charge in [-0.3, -0.25) is 0 Å². The van der Waals surface area contributed by atoms with E-state index in [-0.39, 0.29) is 17.6 Å². The Morgan fingerprint density at radius 2 is 2.00 bits per heavy atom. The molecule has 0 saturated heterocycles. The van der Waals surface area contributed by atoms with Crippen molar-refractivity contribution in [1.29, 1.82) is 0 Å². The fourth-order valence-corrected chi connectivity index (χ4v) is 2.38. The Morgan fingerprint density at radius 3 is 2.67 bits per heavy atom. The Hall–Kier alpha value is -2.08. The molecule has 1 unspecified atom stereocenters. The van der Waals surface area contributed by atoms with Crippen LogP contribution >= 0.6 is 15.9 Å².